The lowest BCUT2D eigenvalue weighted by atomic mass is 9.92. The predicted molar refractivity (Wildman–Crippen MR) is 233 cm³/mol. The van der Waals surface area contributed by atoms with Crippen molar-refractivity contribution in [3.63, 3.8) is 0 Å². The summed E-state index contributed by atoms with van der Waals surface area (Å²) in [6, 6.07) is 1.59. The van der Waals surface area contributed by atoms with E-state index in [1.54, 1.807) is 0 Å². The smallest absolute Gasteiger partial charge is 0.225 e. The van der Waals surface area contributed by atoms with E-state index in [2.05, 4.69) is 40.9 Å². The number of amides is 4. The third-order valence-corrected chi connectivity index (χ3v) is 13.6. The first kappa shape index (κ1) is 46.8. The number of hydrogen-bond donors (Lipinski definition) is 4. The van der Waals surface area contributed by atoms with Crippen molar-refractivity contribution in [3.8, 4) is 0 Å². The summed E-state index contributed by atoms with van der Waals surface area (Å²) in [5.74, 6) is 4.34. The van der Waals surface area contributed by atoms with Crippen LogP contribution in [-0.4, -0.2) is 146 Å². The molecule has 0 spiro atoms. The van der Waals surface area contributed by atoms with Crippen molar-refractivity contribution in [2.45, 2.75) is 145 Å². The Kier molecular flexibility index (Phi) is 16.6. The fraction of sp³-hybridized carbons (Fsp3) is 0.913. The van der Waals surface area contributed by atoms with Crippen LogP contribution < -0.4 is 21.3 Å². The molecule has 8 heterocycles. The van der Waals surface area contributed by atoms with E-state index in [0.29, 0.717) is 24.2 Å². The molecule has 0 aromatic carbocycles. The molecule has 12 heteroatoms. The predicted octanol–water partition coefficient (Wildman–Crippen LogP) is 4.19. The minimum absolute atomic E-state index is 0.115. The van der Waals surface area contributed by atoms with Crippen LogP contribution in [0.4, 0.5) is 0 Å². The molecular weight excluding hydrogens is 729 g/mol. The van der Waals surface area contributed by atoms with Gasteiger partial charge >= 0.3 is 0 Å². The molecule has 4 N–H and O–H groups in total. The van der Waals surface area contributed by atoms with E-state index < -0.39 is 0 Å². The summed E-state index contributed by atoms with van der Waals surface area (Å²) in [5.41, 5.74) is -0.516. The molecule has 0 radical (unpaired) electrons. The maximum Gasteiger partial charge on any atom is 0.225 e. The van der Waals surface area contributed by atoms with Gasteiger partial charge < -0.3 is 40.9 Å². The molecule has 0 saturated carbocycles. The van der Waals surface area contributed by atoms with Crippen molar-refractivity contribution in [1.82, 2.24) is 40.9 Å². The fourth-order valence-electron chi connectivity index (χ4n) is 10.2. The highest BCUT2D eigenvalue weighted by Gasteiger charge is 2.37. The zero-order valence-corrected chi connectivity index (χ0v) is 38.3. The van der Waals surface area contributed by atoms with Crippen LogP contribution >= 0.6 is 0 Å². The van der Waals surface area contributed by atoms with E-state index in [-0.39, 0.29) is 46.3 Å². The van der Waals surface area contributed by atoms with Crippen LogP contribution in [0.15, 0.2) is 0 Å². The summed E-state index contributed by atoms with van der Waals surface area (Å²) in [7, 11) is 0. The summed E-state index contributed by atoms with van der Waals surface area (Å²) < 4.78 is 0. The Hall–Kier alpha value is -2.28. The van der Waals surface area contributed by atoms with E-state index in [0.717, 1.165) is 49.9 Å². The summed E-state index contributed by atoms with van der Waals surface area (Å²) >= 11 is 0. The lowest BCUT2D eigenvalue weighted by Gasteiger charge is -2.32. The third-order valence-electron chi connectivity index (χ3n) is 13.6. The number of nitrogens with zero attached hydrogens (tertiary/aromatic N) is 4. The van der Waals surface area contributed by atoms with Crippen LogP contribution in [0, 0.1) is 46.3 Å². The number of nitrogens with one attached hydrogen (secondary N) is 4. The van der Waals surface area contributed by atoms with Gasteiger partial charge in [0, 0.05) is 99.2 Å². The maximum absolute atomic E-state index is 11.8. The number of rotatable bonds is 6. The van der Waals surface area contributed by atoms with Gasteiger partial charge in [-0.1, -0.05) is 69.2 Å². The first-order valence-corrected chi connectivity index (χ1v) is 23.3. The van der Waals surface area contributed by atoms with E-state index in [1.165, 1.54) is 104 Å². The molecule has 4 amide bonds. The van der Waals surface area contributed by atoms with Gasteiger partial charge in [-0.3, -0.25) is 19.2 Å². The minimum atomic E-state index is -0.258. The second-order valence-corrected chi connectivity index (χ2v) is 22.2. The Morgan fingerprint density at radius 2 is 0.655 bits per heavy atom. The number of carbonyl (C=O) groups is 4. The Bertz CT molecular complexity index is 1230. The van der Waals surface area contributed by atoms with Crippen LogP contribution in [0.2, 0.25) is 0 Å². The van der Waals surface area contributed by atoms with Gasteiger partial charge in [0.05, 0.1) is 0 Å². The lowest BCUT2D eigenvalue weighted by molar-refractivity contribution is -0.130. The highest BCUT2D eigenvalue weighted by Crippen LogP contribution is 2.30. The van der Waals surface area contributed by atoms with Crippen LogP contribution in [0.5, 0.6) is 0 Å². The second-order valence-electron chi connectivity index (χ2n) is 22.2. The SMILES string of the molecule is CC(C)(C)C(=O)N[C@@H]1CC2CCN(C2)C1.CC(C)(C)C(=O)N[C@H]1CC2CCN(C2)C1.CC(C)C(=O)N[C@@H]1CC2CCN(C2)C1.CC(C)C(=O)N[C@H]1CC2CCN(C2)C1. The second kappa shape index (κ2) is 20.5. The Morgan fingerprint density at radius 3 is 0.862 bits per heavy atom. The molecule has 8 aliphatic heterocycles. The molecule has 8 bridgehead atoms. The molecule has 8 rings (SSSR count). The molecule has 8 unspecified atom stereocenters. The van der Waals surface area contributed by atoms with Crippen molar-refractivity contribution in [3.05, 3.63) is 0 Å². The first-order valence-electron chi connectivity index (χ1n) is 23.3. The first-order chi connectivity index (χ1) is 27.2. The van der Waals surface area contributed by atoms with Crippen molar-refractivity contribution in [1.29, 1.82) is 0 Å². The van der Waals surface area contributed by atoms with Crippen molar-refractivity contribution in [2.24, 2.45) is 46.3 Å². The lowest BCUT2D eigenvalue weighted by Crippen LogP contribution is -2.49. The highest BCUT2D eigenvalue weighted by molar-refractivity contribution is 5.82. The van der Waals surface area contributed by atoms with E-state index >= 15 is 0 Å². The molecule has 58 heavy (non-hydrogen) atoms. The summed E-state index contributed by atoms with van der Waals surface area (Å²) in [4.78, 5) is 56.6. The van der Waals surface area contributed by atoms with E-state index in [4.69, 9.17) is 0 Å². The van der Waals surface area contributed by atoms with E-state index in [1.807, 2.05) is 69.2 Å². The fourth-order valence-corrected chi connectivity index (χ4v) is 10.2. The van der Waals surface area contributed by atoms with Gasteiger partial charge in [-0.25, -0.2) is 0 Å². The molecule has 0 aliphatic carbocycles. The Morgan fingerprint density at radius 1 is 0.414 bits per heavy atom. The van der Waals surface area contributed by atoms with Crippen LogP contribution in [0.1, 0.15) is 121 Å². The largest absolute Gasteiger partial charge is 0.352 e. The van der Waals surface area contributed by atoms with Gasteiger partial charge in [-0.2, -0.15) is 0 Å². The zero-order chi connectivity index (χ0) is 42.4. The molecule has 8 fully saturated rings. The standard InChI is InChI=1S/2C12H22N2O.2C11H20N2O/c2*1-12(2,3)11(15)13-10-6-9-4-5-14(7-9)8-10;2*1-8(2)11(14)12-10-5-9-3-4-13(6-9)7-10/h2*9-10H,4-8H2,1-3H3,(H,13,15);2*8-10H,3-7H2,1-2H3,(H,12,14)/t4*9?,10-/m1010/s1. The van der Waals surface area contributed by atoms with Gasteiger partial charge in [0.1, 0.15) is 0 Å². The molecule has 12 nitrogen and oxygen atoms in total. The molecule has 0 aromatic rings. The van der Waals surface area contributed by atoms with Gasteiger partial charge in [-0.15, -0.1) is 0 Å². The number of fused-ring (bicyclic) bond motifs is 8. The number of carbonyl (C=O) groups excluding carboxylic acids is 4. The van der Waals surface area contributed by atoms with E-state index in [9.17, 15) is 19.2 Å². The summed E-state index contributed by atoms with van der Waals surface area (Å²) in [6.07, 6.45) is 10.0. The third kappa shape index (κ3) is 14.4. The van der Waals surface area contributed by atoms with Crippen molar-refractivity contribution < 1.29 is 19.2 Å². The highest BCUT2D eigenvalue weighted by atomic mass is 16.2. The molecule has 332 valence electrons. The minimum Gasteiger partial charge on any atom is -0.352 e. The normalized spacial score (nSPS) is 35.7. The van der Waals surface area contributed by atoms with Crippen LogP contribution in [0.25, 0.3) is 0 Å². The van der Waals surface area contributed by atoms with Crippen LogP contribution in [-0.2, 0) is 19.2 Å². The zero-order valence-electron chi connectivity index (χ0n) is 38.3. The number of piperidine rings is 4. The van der Waals surface area contributed by atoms with Gasteiger partial charge in [0.2, 0.25) is 23.6 Å². The average Bonchev–Trinajstić information content (AvgIpc) is 3.88. The monoisotopic (exact) mass is 813 g/mol. The van der Waals surface area contributed by atoms with Gasteiger partial charge in [-0.05, 0) is 101 Å². The quantitative estimate of drug-likeness (QED) is 0.315. The van der Waals surface area contributed by atoms with Gasteiger partial charge in [0.25, 0.3) is 0 Å². The summed E-state index contributed by atoms with van der Waals surface area (Å²) in [5, 5.41) is 12.6. The van der Waals surface area contributed by atoms with Crippen molar-refractivity contribution in [2.75, 3.05) is 78.5 Å². The average molecular weight is 813 g/mol. The molecule has 0 aromatic heterocycles. The molecule has 12 atom stereocenters. The van der Waals surface area contributed by atoms with Crippen molar-refractivity contribution >= 4 is 23.6 Å². The number of hydrogen-bond acceptors (Lipinski definition) is 8. The Balaban J connectivity index is 0.000000147. The molecule has 8 saturated heterocycles. The van der Waals surface area contributed by atoms with Gasteiger partial charge in [0.15, 0.2) is 0 Å². The van der Waals surface area contributed by atoms with Crippen LogP contribution in [0.3, 0.4) is 0 Å². The topological polar surface area (TPSA) is 129 Å². The molecular formula is C46H84N8O4. The molecule has 8 aliphatic rings. The summed E-state index contributed by atoms with van der Waals surface area (Å²) in [6.45, 7) is 33.8. The maximum atomic E-state index is 11.8. The Labute approximate surface area is 352 Å².